The van der Waals surface area contributed by atoms with Gasteiger partial charge in [-0.05, 0) is 59.0 Å². The van der Waals surface area contributed by atoms with Crippen molar-refractivity contribution >= 4 is 34.4 Å². The summed E-state index contributed by atoms with van der Waals surface area (Å²) in [5.74, 6) is -2.24. The van der Waals surface area contributed by atoms with Gasteiger partial charge in [0.1, 0.15) is 11.6 Å². The zero-order valence-electron chi connectivity index (χ0n) is 10.6. The van der Waals surface area contributed by atoms with Crippen molar-refractivity contribution in [2.45, 2.75) is 6.54 Å². The molecular formula is C15H8F2INO2. The lowest BCUT2D eigenvalue weighted by Crippen LogP contribution is -2.29. The minimum Gasteiger partial charge on any atom is -0.270 e. The molecule has 0 fully saturated rings. The molecule has 0 radical (unpaired) electrons. The van der Waals surface area contributed by atoms with Gasteiger partial charge in [0, 0.05) is 9.13 Å². The number of carbonyl (C=O) groups is 2. The van der Waals surface area contributed by atoms with E-state index in [1.165, 1.54) is 0 Å². The van der Waals surface area contributed by atoms with Gasteiger partial charge in [-0.15, -0.1) is 0 Å². The highest BCUT2D eigenvalue weighted by atomic mass is 127. The van der Waals surface area contributed by atoms with Gasteiger partial charge in [-0.1, -0.05) is 0 Å². The van der Waals surface area contributed by atoms with Crippen LogP contribution in [0.2, 0.25) is 0 Å². The lowest BCUT2D eigenvalue weighted by molar-refractivity contribution is 0.0641. The topological polar surface area (TPSA) is 37.4 Å². The highest BCUT2D eigenvalue weighted by molar-refractivity contribution is 14.1. The fourth-order valence-corrected chi connectivity index (χ4v) is 2.73. The van der Waals surface area contributed by atoms with Gasteiger partial charge in [0.25, 0.3) is 11.8 Å². The molecule has 0 aliphatic carbocycles. The maximum atomic E-state index is 13.7. The predicted octanol–water partition coefficient (Wildman–Crippen LogP) is 3.37. The van der Waals surface area contributed by atoms with E-state index in [1.807, 2.05) is 22.6 Å². The highest BCUT2D eigenvalue weighted by Gasteiger charge is 2.35. The molecule has 0 atom stereocenters. The van der Waals surface area contributed by atoms with Crippen molar-refractivity contribution in [2.24, 2.45) is 0 Å². The number of carbonyl (C=O) groups excluding carboxylic acids is 2. The Kier molecular flexibility index (Phi) is 3.48. The summed E-state index contributed by atoms with van der Waals surface area (Å²) in [7, 11) is 0. The Morgan fingerprint density at radius 2 is 1.67 bits per heavy atom. The van der Waals surface area contributed by atoms with E-state index >= 15 is 0 Å². The van der Waals surface area contributed by atoms with E-state index in [9.17, 15) is 18.4 Å². The standard InChI is InChI=1S/C15H8F2INO2/c16-9-1-4-13(17)8(5-9)7-19-14(20)11-3-2-10(18)6-12(11)15(19)21/h1-6H,7H2. The van der Waals surface area contributed by atoms with E-state index in [2.05, 4.69) is 0 Å². The maximum absolute atomic E-state index is 13.7. The Labute approximate surface area is 132 Å². The summed E-state index contributed by atoms with van der Waals surface area (Å²) in [6.45, 7) is -0.285. The van der Waals surface area contributed by atoms with Crippen LogP contribution in [0.1, 0.15) is 26.3 Å². The van der Waals surface area contributed by atoms with Gasteiger partial charge in [-0.2, -0.15) is 0 Å². The smallest absolute Gasteiger partial charge is 0.261 e. The van der Waals surface area contributed by atoms with Gasteiger partial charge in [-0.25, -0.2) is 8.78 Å². The van der Waals surface area contributed by atoms with Crippen LogP contribution in [0.25, 0.3) is 0 Å². The van der Waals surface area contributed by atoms with Gasteiger partial charge in [0.2, 0.25) is 0 Å². The molecule has 0 N–H and O–H groups in total. The highest BCUT2D eigenvalue weighted by Crippen LogP contribution is 2.26. The van der Waals surface area contributed by atoms with Crippen molar-refractivity contribution in [3.05, 3.63) is 68.3 Å². The van der Waals surface area contributed by atoms with E-state index in [1.54, 1.807) is 18.2 Å². The van der Waals surface area contributed by atoms with Crippen LogP contribution in [0.15, 0.2) is 36.4 Å². The molecule has 3 rings (SSSR count). The molecule has 1 heterocycles. The quantitative estimate of drug-likeness (QED) is 0.574. The number of imide groups is 1. The molecule has 1 aliphatic rings. The summed E-state index contributed by atoms with van der Waals surface area (Å²) in [6, 6.07) is 7.85. The summed E-state index contributed by atoms with van der Waals surface area (Å²) in [4.78, 5) is 25.4. The molecule has 21 heavy (non-hydrogen) atoms. The lowest BCUT2D eigenvalue weighted by Gasteiger charge is -2.14. The van der Waals surface area contributed by atoms with Crippen molar-refractivity contribution in [1.82, 2.24) is 4.90 Å². The Morgan fingerprint density at radius 3 is 2.43 bits per heavy atom. The van der Waals surface area contributed by atoms with Crippen LogP contribution in [0.3, 0.4) is 0 Å². The third-order valence-corrected chi connectivity index (χ3v) is 3.94. The second-order valence-corrected chi connectivity index (χ2v) is 5.87. The molecule has 2 amide bonds. The molecule has 2 aromatic carbocycles. The largest absolute Gasteiger partial charge is 0.270 e. The van der Waals surface area contributed by atoms with E-state index in [0.717, 1.165) is 26.7 Å². The molecule has 2 aromatic rings. The monoisotopic (exact) mass is 399 g/mol. The number of benzene rings is 2. The third-order valence-electron chi connectivity index (χ3n) is 3.27. The molecule has 0 saturated carbocycles. The minimum absolute atomic E-state index is 0.0285. The van der Waals surface area contributed by atoms with Crippen molar-refractivity contribution < 1.29 is 18.4 Å². The summed E-state index contributed by atoms with van der Waals surface area (Å²) in [5, 5.41) is 0. The molecule has 1 aliphatic heterocycles. The lowest BCUT2D eigenvalue weighted by atomic mass is 10.1. The first-order chi connectivity index (χ1) is 9.97. The molecule has 0 aromatic heterocycles. The summed E-state index contributed by atoms with van der Waals surface area (Å²) in [6.07, 6.45) is 0. The molecule has 0 unspecified atom stereocenters. The molecule has 0 saturated heterocycles. The average Bonchev–Trinajstić information content (AvgIpc) is 2.67. The first kappa shape index (κ1) is 14.1. The van der Waals surface area contributed by atoms with Crippen LogP contribution >= 0.6 is 22.6 Å². The summed E-state index contributed by atoms with van der Waals surface area (Å²) >= 11 is 2.04. The third kappa shape index (κ3) is 2.44. The van der Waals surface area contributed by atoms with Crippen LogP contribution in [0, 0.1) is 15.2 Å². The number of fused-ring (bicyclic) bond motifs is 1. The van der Waals surface area contributed by atoms with Gasteiger partial charge < -0.3 is 0 Å². The molecule has 3 nitrogen and oxygen atoms in total. The van der Waals surface area contributed by atoms with Crippen LogP contribution in [0.4, 0.5) is 8.78 Å². The fraction of sp³-hybridized carbons (Fsp3) is 0.0667. The van der Waals surface area contributed by atoms with Crippen LogP contribution in [-0.2, 0) is 6.54 Å². The molecule has 106 valence electrons. The zero-order chi connectivity index (χ0) is 15.1. The Hall–Kier alpha value is -1.83. The Balaban J connectivity index is 1.97. The summed E-state index contributed by atoms with van der Waals surface area (Å²) < 4.78 is 27.7. The van der Waals surface area contributed by atoms with Gasteiger partial charge in [-0.3, -0.25) is 14.5 Å². The van der Waals surface area contributed by atoms with Crippen LogP contribution in [-0.4, -0.2) is 16.7 Å². The maximum Gasteiger partial charge on any atom is 0.261 e. The van der Waals surface area contributed by atoms with Crippen LogP contribution < -0.4 is 0 Å². The molecule has 0 bridgehead atoms. The second kappa shape index (κ2) is 5.18. The van der Waals surface area contributed by atoms with E-state index in [-0.39, 0.29) is 17.7 Å². The van der Waals surface area contributed by atoms with Crippen molar-refractivity contribution in [3.8, 4) is 0 Å². The number of halogens is 3. The Bertz CT molecular complexity index is 776. The molecular weight excluding hydrogens is 391 g/mol. The van der Waals surface area contributed by atoms with Crippen LogP contribution in [0.5, 0.6) is 0 Å². The number of hydrogen-bond acceptors (Lipinski definition) is 2. The number of nitrogens with zero attached hydrogens (tertiary/aromatic N) is 1. The predicted molar refractivity (Wildman–Crippen MR) is 79.7 cm³/mol. The minimum atomic E-state index is -0.650. The Morgan fingerprint density at radius 1 is 0.952 bits per heavy atom. The van der Waals surface area contributed by atoms with E-state index in [4.69, 9.17) is 0 Å². The number of hydrogen-bond donors (Lipinski definition) is 0. The van der Waals surface area contributed by atoms with Crippen molar-refractivity contribution in [2.75, 3.05) is 0 Å². The zero-order valence-corrected chi connectivity index (χ0v) is 12.7. The average molecular weight is 399 g/mol. The second-order valence-electron chi connectivity index (χ2n) is 4.62. The van der Waals surface area contributed by atoms with Crippen molar-refractivity contribution in [3.63, 3.8) is 0 Å². The van der Waals surface area contributed by atoms with E-state index < -0.39 is 23.4 Å². The number of rotatable bonds is 2. The molecule has 6 heteroatoms. The SMILES string of the molecule is O=C1c2ccc(I)cc2C(=O)N1Cc1cc(F)ccc1F. The normalized spacial score (nSPS) is 13.8. The number of amides is 2. The van der Waals surface area contributed by atoms with Crippen molar-refractivity contribution in [1.29, 1.82) is 0 Å². The summed E-state index contributed by atoms with van der Waals surface area (Å²) in [5.41, 5.74) is 0.556. The molecule has 0 spiro atoms. The fourth-order valence-electron chi connectivity index (χ4n) is 2.24. The first-order valence-corrected chi connectivity index (χ1v) is 7.15. The first-order valence-electron chi connectivity index (χ1n) is 6.07. The van der Waals surface area contributed by atoms with E-state index in [0.29, 0.717) is 5.56 Å². The van der Waals surface area contributed by atoms with Gasteiger partial charge >= 0.3 is 0 Å². The van der Waals surface area contributed by atoms with Gasteiger partial charge in [0.15, 0.2) is 0 Å². The van der Waals surface area contributed by atoms with Gasteiger partial charge in [0.05, 0.1) is 17.7 Å².